The lowest BCUT2D eigenvalue weighted by molar-refractivity contribution is 0.0697. The number of nitrogens with zero attached hydrogens (tertiary/aromatic N) is 3. The maximum Gasteiger partial charge on any atom is 0.254 e. The number of carbonyl (C=O) groups excluding carboxylic acids is 1. The molecule has 31 heavy (non-hydrogen) atoms. The summed E-state index contributed by atoms with van der Waals surface area (Å²) in [5.41, 5.74) is 1.53. The first-order valence-corrected chi connectivity index (χ1v) is 13.0. The molecule has 2 aromatic rings. The Balaban J connectivity index is 1.39. The first-order valence-electron chi connectivity index (χ1n) is 10.7. The van der Waals surface area contributed by atoms with Gasteiger partial charge in [-0.3, -0.25) is 4.79 Å². The Morgan fingerprint density at radius 1 is 1.03 bits per heavy atom. The van der Waals surface area contributed by atoms with Gasteiger partial charge < -0.3 is 14.5 Å². The van der Waals surface area contributed by atoms with E-state index in [9.17, 15) is 13.2 Å². The lowest BCUT2D eigenvalue weighted by Gasteiger charge is -2.35. The van der Waals surface area contributed by atoms with E-state index in [0.29, 0.717) is 37.7 Å². The zero-order chi connectivity index (χ0) is 22.0. The van der Waals surface area contributed by atoms with E-state index in [4.69, 9.17) is 4.74 Å². The minimum atomic E-state index is -3.60. The van der Waals surface area contributed by atoms with E-state index < -0.39 is 10.0 Å². The fourth-order valence-electron chi connectivity index (χ4n) is 4.07. The highest BCUT2D eigenvalue weighted by Crippen LogP contribution is 2.28. The van der Waals surface area contributed by atoms with Crippen molar-refractivity contribution in [2.45, 2.75) is 24.0 Å². The summed E-state index contributed by atoms with van der Waals surface area (Å²) in [7, 11) is -1.96. The molecule has 0 radical (unpaired) electrons. The summed E-state index contributed by atoms with van der Waals surface area (Å²) >= 11 is 1.14. The van der Waals surface area contributed by atoms with Gasteiger partial charge in [0.05, 0.1) is 12.7 Å². The molecule has 0 bridgehead atoms. The lowest BCUT2D eigenvalue weighted by atomic mass is 9.99. The summed E-state index contributed by atoms with van der Waals surface area (Å²) in [5, 5.41) is 1.68. The van der Waals surface area contributed by atoms with Crippen molar-refractivity contribution in [1.29, 1.82) is 0 Å². The average molecular weight is 464 g/mol. The molecule has 2 fully saturated rings. The van der Waals surface area contributed by atoms with Gasteiger partial charge in [-0.05, 0) is 49.1 Å². The number of rotatable bonds is 5. The molecule has 7 nitrogen and oxygen atoms in total. The summed E-state index contributed by atoms with van der Waals surface area (Å²) in [5.74, 6) is 1.38. The Kier molecular flexibility index (Phi) is 6.55. The normalized spacial score (nSPS) is 18.9. The van der Waals surface area contributed by atoms with Crippen LogP contribution < -0.4 is 9.64 Å². The molecule has 1 aromatic heterocycles. The third kappa shape index (κ3) is 4.73. The minimum Gasteiger partial charge on any atom is -0.497 e. The average Bonchev–Trinajstić information content (AvgIpc) is 3.31. The second kappa shape index (κ2) is 9.18. The highest BCUT2D eigenvalue weighted by molar-refractivity contribution is 7.91. The third-order valence-corrected chi connectivity index (χ3v) is 9.48. The van der Waals surface area contributed by atoms with Gasteiger partial charge in [-0.1, -0.05) is 6.92 Å². The quantitative estimate of drug-likeness (QED) is 0.681. The molecule has 4 rings (SSSR count). The maximum absolute atomic E-state index is 13.1. The first-order chi connectivity index (χ1) is 14.9. The summed E-state index contributed by atoms with van der Waals surface area (Å²) < 4.78 is 33.3. The van der Waals surface area contributed by atoms with E-state index in [2.05, 4.69) is 11.8 Å². The van der Waals surface area contributed by atoms with Gasteiger partial charge in [0.1, 0.15) is 9.96 Å². The van der Waals surface area contributed by atoms with Crippen LogP contribution in [-0.2, 0) is 10.0 Å². The number of benzene rings is 1. The van der Waals surface area contributed by atoms with Crippen molar-refractivity contribution in [3.8, 4) is 5.75 Å². The van der Waals surface area contributed by atoms with Crippen LogP contribution in [0.5, 0.6) is 5.75 Å². The molecule has 0 atom stereocenters. The highest BCUT2D eigenvalue weighted by atomic mass is 32.2. The molecule has 2 aliphatic heterocycles. The van der Waals surface area contributed by atoms with Gasteiger partial charge in [0.25, 0.3) is 15.9 Å². The molecule has 0 saturated carbocycles. The van der Waals surface area contributed by atoms with Crippen LogP contribution in [0.3, 0.4) is 0 Å². The fraction of sp³-hybridized carbons (Fsp3) is 0.500. The molecule has 0 N–H and O–H groups in total. The molecule has 0 spiro atoms. The van der Waals surface area contributed by atoms with Crippen LogP contribution in [0.15, 0.2) is 39.9 Å². The van der Waals surface area contributed by atoms with E-state index >= 15 is 0 Å². The van der Waals surface area contributed by atoms with E-state index in [0.717, 1.165) is 48.7 Å². The molecule has 0 aliphatic carbocycles. The summed E-state index contributed by atoms with van der Waals surface area (Å²) in [6.07, 6.45) is 2.00. The van der Waals surface area contributed by atoms with Gasteiger partial charge in [-0.15, -0.1) is 11.3 Å². The molecule has 9 heteroatoms. The Morgan fingerprint density at radius 3 is 2.29 bits per heavy atom. The monoisotopic (exact) mass is 463 g/mol. The lowest BCUT2D eigenvalue weighted by Crippen LogP contribution is -2.48. The number of hydrogen-bond acceptors (Lipinski definition) is 6. The van der Waals surface area contributed by atoms with Crippen LogP contribution in [0.25, 0.3) is 0 Å². The number of carbonyl (C=O) groups is 1. The van der Waals surface area contributed by atoms with Crippen LogP contribution in [0.1, 0.15) is 30.1 Å². The smallest absolute Gasteiger partial charge is 0.254 e. The van der Waals surface area contributed by atoms with E-state index in [-0.39, 0.29) is 10.1 Å². The number of piperidine rings is 1. The van der Waals surface area contributed by atoms with Crippen molar-refractivity contribution in [2.75, 3.05) is 51.3 Å². The molecule has 1 amide bonds. The highest BCUT2D eigenvalue weighted by Gasteiger charge is 2.31. The van der Waals surface area contributed by atoms with E-state index in [1.807, 2.05) is 29.2 Å². The summed E-state index contributed by atoms with van der Waals surface area (Å²) in [6.45, 7) is 5.75. The van der Waals surface area contributed by atoms with Crippen molar-refractivity contribution in [3.63, 3.8) is 0 Å². The van der Waals surface area contributed by atoms with E-state index in [1.165, 1.54) is 4.31 Å². The van der Waals surface area contributed by atoms with Crippen molar-refractivity contribution in [3.05, 3.63) is 41.3 Å². The number of piperazine rings is 1. The number of thiophene rings is 1. The molecular formula is C22H29N3O4S2. The van der Waals surface area contributed by atoms with Crippen molar-refractivity contribution >= 4 is 33.0 Å². The van der Waals surface area contributed by atoms with Crippen LogP contribution in [0, 0.1) is 5.92 Å². The predicted molar refractivity (Wildman–Crippen MR) is 123 cm³/mol. The number of methoxy groups -OCH3 is 1. The predicted octanol–water partition coefficient (Wildman–Crippen LogP) is 3.14. The van der Waals surface area contributed by atoms with Gasteiger partial charge in [0.15, 0.2) is 0 Å². The van der Waals surface area contributed by atoms with E-state index in [1.54, 1.807) is 18.6 Å². The van der Waals surface area contributed by atoms with Crippen molar-refractivity contribution in [2.24, 2.45) is 5.92 Å². The van der Waals surface area contributed by atoms with Gasteiger partial charge in [-0.2, -0.15) is 4.31 Å². The molecule has 2 aliphatic rings. The standard InChI is InChI=1S/C22H29N3O4S2/c1-17-7-9-24(10-8-17)22(26)18-15-21(30-16-18)31(27,28)25-13-11-23(12-14-25)19-3-5-20(29-2)6-4-19/h3-6,15-17H,7-14H2,1-2H3. The molecule has 1 aromatic carbocycles. The SMILES string of the molecule is COc1ccc(N2CCN(S(=O)(=O)c3cc(C(=O)N4CCC(C)CC4)cs3)CC2)cc1. The van der Waals surface area contributed by atoms with Gasteiger partial charge in [-0.25, -0.2) is 8.42 Å². The zero-order valence-electron chi connectivity index (χ0n) is 18.0. The number of sulfonamides is 1. The van der Waals surface area contributed by atoms with Crippen LogP contribution in [0.4, 0.5) is 5.69 Å². The second-order valence-electron chi connectivity index (χ2n) is 8.22. The van der Waals surface area contributed by atoms with Crippen molar-refractivity contribution in [1.82, 2.24) is 9.21 Å². The largest absolute Gasteiger partial charge is 0.497 e. The molecular weight excluding hydrogens is 434 g/mol. The van der Waals surface area contributed by atoms with Crippen LogP contribution >= 0.6 is 11.3 Å². The number of likely N-dealkylation sites (tertiary alicyclic amines) is 1. The van der Waals surface area contributed by atoms with Gasteiger partial charge in [0.2, 0.25) is 0 Å². The molecule has 3 heterocycles. The Bertz CT molecular complexity index is 1000. The maximum atomic E-state index is 13.1. The third-order valence-electron chi connectivity index (χ3n) is 6.16. The van der Waals surface area contributed by atoms with Gasteiger partial charge >= 0.3 is 0 Å². The molecule has 2 saturated heterocycles. The molecule has 0 unspecified atom stereocenters. The minimum absolute atomic E-state index is 0.0612. The van der Waals surface area contributed by atoms with Crippen LogP contribution in [0.2, 0.25) is 0 Å². The number of hydrogen-bond donors (Lipinski definition) is 0. The second-order valence-corrected chi connectivity index (χ2v) is 11.3. The van der Waals surface area contributed by atoms with Gasteiger partial charge in [0, 0.05) is 50.3 Å². The van der Waals surface area contributed by atoms with Crippen LogP contribution in [-0.4, -0.2) is 69.9 Å². The topological polar surface area (TPSA) is 70.2 Å². The number of amides is 1. The Hall–Kier alpha value is -2.10. The fourth-order valence-corrected chi connectivity index (χ4v) is 6.79. The number of anilines is 1. The first kappa shape index (κ1) is 22.1. The Morgan fingerprint density at radius 2 is 1.68 bits per heavy atom. The Labute approximate surface area is 188 Å². The van der Waals surface area contributed by atoms with Crippen molar-refractivity contribution < 1.29 is 17.9 Å². The summed E-state index contributed by atoms with van der Waals surface area (Å²) in [4.78, 5) is 16.8. The molecule has 168 valence electrons. The summed E-state index contributed by atoms with van der Waals surface area (Å²) in [6, 6.07) is 9.34. The zero-order valence-corrected chi connectivity index (χ0v) is 19.6. The number of ether oxygens (including phenoxy) is 1.